The maximum atomic E-state index is 11.0. The minimum absolute atomic E-state index is 0.447. The van der Waals surface area contributed by atoms with Gasteiger partial charge < -0.3 is 15.9 Å². The van der Waals surface area contributed by atoms with E-state index in [0.29, 0.717) is 6.42 Å². The summed E-state index contributed by atoms with van der Waals surface area (Å²) < 4.78 is 5.18. The summed E-state index contributed by atoms with van der Waals surface area (Å²) in [5.74, 6) is 1.38. The zero-order chi connectivity index (χ0) is 12.2. The van der Waals surface area contributed by atoms with Crippen molar-refractivity contribution in [1.82, 2.24) is 0 Å². The third-order valence-electron chi connectivity index (χ3n) is 2.47. The zero-order valence-electron chi connectivity index (χ0n) is 9.66. The van der Waals surface area contributed by atoms with Crippen molar-refractivity contribution in [3.63, 3.8) is 0 Å². The van der Waals surface area contributed by atoms with Crippen molar-refractivity contribution in [1.29, 1.82) is 0 Å². The first-order chi connectivity index (χ1) is 7.43. The van der Waals surface area contributed by atoms with E-state index in [9.17, 15) is 4.79 Å². The summed E-state index contributed by atoms with van der Waals surface area (Å²) in [5.41, 5.74) is 10.0. The first-order valence-electron chi connectivity index (χ1n) is 5.19. The van der Waals surface area contributed by atoms with E-state index in [-0.39, 0.29) is 0 Å². The second kappa shape index (κ2) is 5.41. The fourth-order valence-electron chi connectivity index (χ4n) is 1.27. The van der Waals surface area contributed by atoms with Crippen LogP contribution in [0, 0.1) is 6.92 Å². The van der Waals surface area contributed by atoms with Crippen LogP contribution in [0.15, 0.2) is 21.6 Å². The fourth-order valence-corrected chi connectivity index (χ4v) is 2.18. The van der Waals surface area contributed by atoms with Crippen LogP contribution in [-0.4, -0.2) is 17.2 Å². The average molecular weight is 242 g/mol. The number of hydrogen-bond donors (Lipinski definition) is 2. The molecule has 1 heterocycles. The smallest absolute Gasteiger partial charge is 0.237 e. The highest BCUT2D eigenvalue weighted by molar-refractivity contribution is 7.99. The minimum Gasteiger partial charge on any atom is -0.468 e. The predicted octanol–water partition coefficient (Wildman–Crippen LogP) is 1.66. The molecule has 1 rings (SSSR count). The van der Waals surface area contributed by atoms with Crippen LogP contribution < -0.4 is 11.5 Å². The van der Waals surface area contributed by atoms with E-state index in [1.165, 1.54) is 0 Å². The van der Waals surface area contributed by atoms with E-state index in [0.717, 1.165) is 22.8 Å². The molecule has 4 N–H and O–H groups in total. The molecule has 0 aromatic carbocycles. The molecular formula is C11H18N2O2S. The summed E-state index contributed by atoms with van der Waals surface area (Å²) in [7, 11) is 0. The van der Waals surface area contributed by atoms with E-state index in [1.807, 2.05) is 13.0 Å². The number of thioether (sulfide) groups is 1. The summed E-state index contributed by atoms with van der Waals surface area (Å²) in [6, 6.07) is 1.94. The molecule has 0 aliphatic carbocycles. The lowest BCUT2D eigenvalue weighted by molar-refractivity contribution is -0.122. The molecule has 0 radical (unpaired) electrons. The molecule has 1 unspecified atom stereocenters. The van der Waals surface area contributed by atoms with Crippen LogP contribution in [0.25, 0.3) is 0 Å². The number of hydrogen-bond acceptors (Lipinski definition) is 4. The van der Waals surface area contributed by atoms with Gasteiger partial charge in [-0.2, -0.15) is 0 Å². The number of carbonyl (C=O) groups excluding carboxylic acids is 1. The molecule has 1 atom stereocenters. The maximum absolute atomic E-state index is 11.0. The van der Waals surface area contributed by atoms with Crippen LogP contribution >= 0.6 is 11.8 Å². The van der Waals surface area contributed by atoms with Gasteiger partial charge in [-0.05, 0) is 38.5 Å². The molecular weight excluding hydrogens is 224 g/mol. The van der Waals surface area contributed by atoms with Crippen molar-refractivity contribution >= 4 is 17.7 Å². The Hall–Kier alpha value is -0.940. The molecule has 0 saturated carbocycles. The molecule has 4 nitrogen and oxygen atoms in total. The van der Waals surface area contributed by atoms with Crippen LogP contribution in [0.4, 0.5) is 0 Å². The molecule has 0 aliphatic heterocycles. The van der Waals surface area contributed by atoms with E-state index >= 15 is 0 Å². The van der Waals surface area contributed by atoms with Crippen LogP contribution in [0.5, 0.6) is 0 Å². The van der Waals surface area contributed by atoms with Crippen molar-refractivity contribution in [2.45, 2.75) is 37.1 Å². The molecule has 0 fully saturated rings. The lowest BCUT2D eigenvalue weighted by atomic mass is 9.97. The van der Waals surface area contributed by atoms with Gasteiger partial charge in [-0.3, -0.25) is 4.79 Å². The summed E-state index contributed by atoms with van der Waals surface area (Å²) >= 11 is 1.70. The number of rotatable bonds is 6. The molecule has 0 spiro atoms. The number of aryl methyl sites for hydroxylation is 1. The van der Waals surface area contributed by atoms with Gasteiger partial charge >= 0.3 is 0 Å². The third kappa shape index (κ3) is 3.57. The Kier molecular flexibility index (Phi) is 4.44. The fraction of sp³-hybridized carbons (Fsp3) is 0.545. The Morgan fingerprint density at radius 2 is 2.31 bits per heavy atom. The molecule has 1 aromatic heterocycles. The minimum atomic E-state index is -0.897. The second-order valence-electron chi connectivity index (χ2n) is 4.07. The first kappa shape index (κ1) is 13.1. The molecule has 16 heavy (non-hydrogen) atoms. The number of furan rings is 1. The Morgan fingerprint density at radius 3 is 2.81 bits per heavy atom. The third-order valence-corrected chi connectivity index (χ3v) is 3.70. The highest BCUT2D eigenvalue weighted by Gasteiger charge is 2.24. The van der Waals surface area contributed by atoms with Crippen LogP contribution in [0.3, 0.4) is 0 Å². The average Bonchev–Trinajstić information content (AvgIpc) is 2.59. The maximum Gasteiger partial charge on any atom is 0.237 e. The molecule has 0 bridgehead atoms. The Labute approximate surface area is 99.7 Å². The van der Waals surface area contributed by atoms with Gasteiger partial charge in [0.1, 0.15) is 5.76 Å². The molecule has 1 aromatic rings. The van der Waals surface area contributed by atoms with Crippen LogP contribution in [-0.2, 0) is 4.79 Å². The highest BCUT2D eigenvalue weighted by Crippen LogP contribution is 2.24. The van der Waals surface area contributed by atoms with Gasteiger partial charge in [0.05, 0.1) is 11.8 Å². The second-order valence-corrected chi connectivity index (χ2v) is 5.21. The number of amides is 1. The lowest BCUT2D eigenvalue weighted by Crippen LogP contribution is -2.49. The van der Waals surface area contributed by atoms with Gasteiger partial charge in [0.2, 0.25) is 5.91 Å². The van der Waals surface area contributed by atoms with Gasteiger partial charge in [0.25, 0.3) is 0 Å². The van der Waals surface area contributed by atoms with Gasteiger partial charge in [0, 0.05) is 4.90 Å². The van der Waals surface area contributed by atoms with Gasteiger partial charge in [-0.15, -0.1) is 11.8 Å². The molecule has 1 amide bonds. The number of primary amides is 1. The molecule has 0 aliphatic rings. The van der Waals surface area contributed by atoms with Gasteiger partial charge in [-0.1, -0.05) is 0 Å². The van der Waals surface area contributed by atoms with Crippen molar-refractivity contribution in [3.05, 3.63) is 18.1 Å². The quantitative estimate of drug-likeness (QED) is 0.587. The Morgan fingerprint density at radius 1 is 1.62 bits per heavy atom. The Bertz CT molecular complexity index is 361. The van der Waals surface area contributed by atoms with Crippen LogP contribution in [0.1, 0.15) is 25.5 Å². The normalized spacial score (nSPS) is 14.7. The van der Waals surface area contributed by atoms with Gasteiger partial charge in [-0.25, -0.2) is 0 Å². The summed E-state index contributed by atoms with van der Waals surface area (Å²) in [6.07, 6.45) is 3.13. The Balaban J connectivity index is 2.27. The molecule has 0 saturated heterocycles. The topological polar surface area (TPSA) is 82.2 Å². The molecule has 90 valence electrons. The van der Waals surface area contributed by atoms with E-state index in [4.69, 9.17) is 15.9 Å². The number of nitrogens with two attached hydrogens (primary N) is 2. The highest BCUT2D eigenvalue weighted by atomic mass is 32.2. The van der Waals surface area contributed by atoms with Crippen molar-refractivity contribution in [3.8, 4) is 0 Å². The SMILES string of the molecule is Cc1occc1SCCCC(C)(N)C(N)=O. The lowest BCUT2D eigenvalue weighted by Gasteiger charge is -2.19. The van der Waals surface area contributed by atoms with Crippen LogP contribution in [0.2, 0.25) is 0 Å². The summed E-state index contributed by atoms with van der Waals surface area (Å²) in [4.78, 5) is 12.1. The van der Waals surface area contributed by atoms with Crippen molar-refractivity contribution in [2.24, 2.45) is 11.5 Å². The summed E-state index contributed by atoms with van der Waals surface area (Å²) in [5, 5.41) is 0. The molecule has 5 heteroatoms. The van der Waals surface area contributed by atoms with E-state index < -0.39 is 11.4 Å². The monoisotopic (exact) mass is 242 g/mol. The van der Waals surface area contributed by atoms with Gasteiger partial charge in [0.15, 0.2) is 0 Å². The standard InChI is InChI=1S/C11H18N2O2S/c1-8-9(4-6-15-8)16-7-3-5-11(2,13)10(12)14/h4,6H,3,5,7,13H2,1-2H3,(H2,12,14). The first-order valence-corrected chi connectivity index (χ1v) is 6.18. The largest absolute Gasteiger partial charge is 0.468 e. The predicted molar refractivity (Wildman–Crippen MR) is 65.2 cm³/mol. The van der Waals surface area contributed by atoms with Crippen molar-refractivity contribution < 1.29 is 9.21 Å². The summed E-state index contributed by atoms with van der Waals surface area (Å²) in [6.45, 7) is 3.60. The number of carbonyl (C=O) groups is 1. The van der Waals surface area contributed by atoms with E-state index in [1.54, 1.807) is 24.9 Å². The van der Waals surface area contributed by atoms with Crippen molar-refractivity contribution in [2.75, 3.05) is 5.75 Å². The van der Waals surface area contributed by atoms with E-state index in [2.05, 4.69) is 0 Å². The zero-order valence-corrected chi connectivity index (χ0v) is 10.5.